The summed E-state index contributed by atoms with van der Waals surface area (Å²) in [5.74, 6) is 1.57. The summed E-state index contributed by atoms with van der Waals surface area (Å²) in [7, 11) is 0. The molecule has 3 atom stereocenters. The smallest absolute Gasteiger partial charge is 0.320 e. The van der Waals surface area contributed by atoms with Crippen LogP contribution in [0.25, 0.3) is 0 Å². The zero-order chi connectivity index (χ0) is 58.2. The number of unbranched alkanes of at least 4 members (excludes halogenated alkanes) is 4. The van der Waals surface area contributed by atoms with Gasteiger partial charge in [-0.05, 0) is 156 Å². The summed E-state index contributed by atoms with van der Waals surface area (Å²) in [4.78, 5) is 60.8. The van der Waals surface area contributed by atoms with Gasteiger partial charge in [-0.2, -0.15) is 0 Å². The number of benzene rings is 1. The van der Waals surface area contributed by atoms with Crippen molar-refractivity contribution in [2.24, 2.45) is 11.8 Å². The number of alkyl halides is 1. The number of fused-ring (bicyclic) bond motifs is 3. The maximum atomic E-state index is 13.5. The van der Waals surface area contributed by atoms with Gasteiger partial charge in [-0.15, -0.1) is 16.7 Å². The van der Waals surface area contributed by atoms with E-state index in [9.17, 15) is 24.3 Å². The van der Waals surface area contributed by atoms with Crippen molar-refractivity contribution < 1.29 is 48.0 Å². The molecule has 2 fully saturated rings. The van der Waals surface area contributed by atoms with Crippen molar-refractivity contribution in [3.05, 3.63) is 35.2 Å². The molecule has 0 unspecified atom stereocenters. The molecule has 2 aliphatic heterocycles. The van der Waals surface area contributed by atoms with E-state index in [-0.39, 0.29) is 66.9 Å². The molecule has 2 N–H and O–H groups in total. The van der Waals surface area contributed by atoms with Crippen LogP contribution in [-0.4, -0.2) is 183 Å². The quantitative estimate of drug-likeness (QED) is 0.0440. The van der Waals surface area contributed by atoms with Gasteiger partial charge in [-0.1, -0.05) is 38.3 Å². The van der Waals surface area contributed by atoms with Crippen molar-refractivity contribution in [1.82, 2.24) is 39.9 Å². The van der Waals surface area contributed by atoms with E-state index in [0.29, 0.717) is 95.6 Å². The molecule has 0 radical (unpaired) electrons. The number of phenolic OH excluding ortho intramolecular Hbond substituents is 1. The molecule has 1 saturated heterocycles. The van der Waals surface area contributed by atoms with Crippen molar-refractivity contribution in [2.75, 3.05) is 97.6 Å². The highest BCUT2D eigenvalue weighted by molar-refractivity contribution is 6.17. The Bertz CT molecular complexity index is 2210. The third kappa shape index (κ3) is 23.4. The molecule has 1 aromatic carbocycles. The first-order valence-corrected chi connectivity index (χ1v) is 29.9. The lowest BCUT2D eigenvalue weighted by atomic mass is 9.63. The highest BCUT2D eigenvalue weighted by Crippen LogP contribution is 2.56. The molecule has 19 heteroatoms. The number of esters is 3. The minimum Gasteiger partial charge on any atom is -0.508 e. The van der Waals surface area contributed by atoms with Crippen LogP contribution in [0.5, 0.6) is 11.5 Å². The summed E-state index contributed by atoms with van der Waals surface area (Å²) in [6, 6.07) is 4.19. The van der Waals surface area contributed by atoms with Crippen LogP contribution in [0.15, 0.2) is 18.3 Å². The largest absolute Gasteiger partial charge is 0.508 e. The Balaban J connectivity index is 1.10. The average Bonchev–Trinajstić information content (AvgIpc) is 3.91. The van der Waals surface area contributed by atoms with Crippen LogP contribution in [0.4, 0.5) is 0 Å². The number of rotatable bonds is 24. The fourth-order valence-corrected chi connectivity index (χ4v) is 11.4. The lowest BCUT2D eigenvalue weighted by Gasteiger charge is -2.49. The third-order valence-corrected chi connectivity index (χ3v) is 15.4. The van der Waals surface area contributed by atoms with E-state index in [4.69, 9.17) is 35.3 Å². The number of phenols is 1. The Morgan fingerprint density at radius 2 is 1.23 bits per heavy atom. The van der Waals surface area contributed by atoms with E-state index < -0.39 is 16.8 Å². The van der Waals surface area contributed by atoms with Gasteiger partial charge in [0.25, 0.3) is 0 Å². The van der Waals surface area contributed by atoms with E-state index in [0.717, 1.165) is 93.3 Å². The topological polar surface area (TPSA) is 190 Å². The summed E-state index contributed by atoms with van der Waals surface area (Å²) in [5.41, 5.74) is 0.452. The first-order chi connectivity index (χ1) is 37.0. The normalized spacial score (nSPS) is 20.5. The fraction of sp³-hybridized carbons (Fsp3) is 0.800. The molecule has 79 heavy (non-hydrogen) atoms. The number of ether oxygens (including phenoxy) is 5. The Labute approximate surface area is 478 Å². The molecule has 1 amide bonds. The van der Waals surface area contributed by atoms with E-state index >= 15 is 0 Å². The molecule has 18 nitrogen and oxygen atoms in total. The summed E-state index contributed by atoms with van der Waals surface area (Å²) in [6.07, 6.45) is 11.9. The molecule has 448 valence electrons. The SMILES string of the molecule is CC(C)(C)OC(=O)CN1CCN(CC(=O)NCCCCOCc2cn(C[C@@H]3CC[C@@H]4[C@@H](C3)c3c(O)cc(C(C)(C)CCCCCCCl)cc3OC4(C)C)nn2)CCN(CC(=O)OC(C)(C)C)CCN(CC(=O)OC(C)(C)C)CC1. The predicted molar refractivity (Wildman–Crippen MR) is 308 cm³/mol. The molecule has 5 rings (SSSR count). The lowest BCUT2D eigenvalue weighted by Crippen LogP contribution is -2.50. The second kappa shape index (κ2) is 29.8. The van der Waals surface area contributed by atoms with Crippen LogP contribution in [0.3, 0.4) is 0 Å². The van der Waals surface area contributed by atoms with Crippen molar-refractivity contribution in [1.29, 1.82) is 0 Å². The Morgan fingerprint density at radius 3 is 1.75 bits per heavy atom. The molecule has 3 heterocycles. The number of amides is 1. The molecule has 2 aromatic rings. The Morgan fingerprint density at radius 1 is 0.709 bits per heavy atom. The van der Waals surface area contributed by atoms with Gasteiger partial charge < -0.3 is 34.1 Å². The van der Waals surface area contributed by atoms with Gasteiger partial charge in [-0.3, -0.25) is 43.5 Å². The number of nitrogens with one attached hydrogen (secondary N) is 1. The monoisotopic (exact) mass is 1130 g/mol. The standard InChI is InChI=1S/C60H101ClN8O10/c1-56(2,3)77-52(72)40-66-27-25-65(26-28-67(41-53(73)78-57(4,5)6)30-32-68(31-29-66)42-54(74)79-58(7,8)9)39-51(71)62-24-18-19-33-75-43-46-38-69(64-63-46)37-44-20-21-48-47(34-44)55-49(70)35-45(36-50(55)76-60(48,12)13)59(10,11)22-16-14-15-17-23-61/h35-36,38,44,47-48,70H,14-34,37,39-43H2,1-13H3,(H,62,71)/t44-,47-,48-/m1/s1. The zero-order valence-electron chi connectivity index (χ0n) is 50.7. The van der Waals surface area contributed by atoms with Crippen molar-refractivity contribution in [2.45, 2.75) is 201 Å². The summed E-state index contributed by atoms with van der Waals surface area (Å²) >= 11 is 5.91. The van der Waals surface area contributed by atoms with Crippen LogP contribution in [-0.2, 0) is 56.7 Å². The Kier molecular flexibility index (Phi) is 24.8. The number of carbonyl (C=O) groups excluding carboxylic acids is 4. The van der Waals surface area contributed by atoms with E-state index in [2.05, 4.69) is 54.3 Å². The molecule has 3 aliphatic rings. The lowest BCUT2D eigenvalue weighted by molar-refractivity contribution is -0.158. The molecular weight excluding hydrogens is 1030 g/mol. The number of halogens is 1. The number of aromatic nitrogens is 3. The van der Waals surface area contributed by atoms with Crippen molar-refractivity contribution >= 4 is 35.4 Å². The van der Waals surface area contributed by atoms with E-state index in [1.54, 1.807) is 0 Å². The average molecular weight is 1130 g/mol. The van der Waals surface area contributed by atoms with Gasteiger partial charge in [-0.25, -0.2) is 0 Å². The first kappa shape index (κ1) is 65.7. The Hall–Kier alpha value is -4.07. The molecule has 0 bridgehead atoms. The first-order valence-electron chi connectivity index (χ1n) is 29.4. The van der Waals surface area contributed by atoms with Gasteiger partial charge in [0.15, 0.2) is 0 Å². The minimum absolute atomic E-state index is 0.0544. The van der Waals surface area contributed by atoms with Crippen LogP contribution < -0.4 is 10.1 Å². The number of nitrogens with zero attached hydrogens (tertiary/aromatic N) is 7. The van der Waals surface area contributed by atoms with Crippen LogP contribution in [0.1, 0.15) is 177 Å². The fourth-order valence-electron chi connectivity index (χ4n) is 11.2. The summed E-state index contributed by atoms with van der Waals surface area (Å²) in [5, 5.41) is 23.7. The van der Waals surface area contributed by atoms with Gasteiger partial charge >= 0.3 is 17.9 Å². The van der Waals surface area contributed by atoms with Gasteiger partial charge in [0.1, 0.15) is 39.6 Å². The molecule has 1 aliphatic carbocycles. The second-order valence-electron chi connectivity index (χ2n) is 26.6. The maximum absolute atomic E-state index is 13.5. The van der Waals surface area contributed by atoms with Gasteiger partial charge in [0.05, 0.1) is 39.0 Å². The highest BCUT2D eigenvalue weighted by Gasteiger charge is 2.48. The number of hydrogen-bond donors (Lipinski definition) is 2. The van der Waals surface area contributed by atoms with E-state index in [1.165, 1.54) is 0 Å². The summed E-state index contributed by atoms with van der Waals surface area (Å²) in [6.45, 7) is 31.6. The minimum atomic E-state index is -0.650. The van der Waals surface area contributed by atoms with Crippen molar-refractivity contribution in [3.63, 3.8) is 0 Å². The highest BCUT2D eigenvalue weighted by atomic mass is 35.5. The van der Waals surface area contributed by atoms with Crippen LogP contribution >= 0.6 is 11.6 Å². The molecule has 1 saturated carbocycles. The summed E-state index contributed by atoms with van der Waals surface area (Å²) < 4.78 is 31.7. The number of aromatic hydroxyl groups is 1. The van der Waals surface area contributed by atoms with Gasteiger partial charge in [0, 0.05) is 89.4 Å². The number of hydrogen-bond acceptors (Lipinski definition) is 16. The molecular formula is C60H101ClN8O10. The van der Waals surface area contributed by atoms with Gasteiger partial charge in [0.2, 0.25) is 5.91 Å². The van der Waals surface area contributed by atoms with E-state index in [1.807, 2.05) is 94.0 Å². The number of carbonyl (C=O) groups is 4. The van der Waals surface area contributed by atoms with Crippen molar-refractivity contribution in [3.8, 4) is 11.5 Å². The predicted octanol–water partition coefficient (Wildman–Crippen LogP) is 8.48. The zero-order valence-corrected chi connectivity index (χ0v) is 51.4. The third-order valence-electron chi connectivity index (χ3n) is 15.1. The maximum Gasteiger partial charge on any atom is 0.320 e. The van der Waals surface area contributed by atoms with Crippen LogP contribution in [0, 0.1) is 11.8 Å². The molecule has 0 spiro atoms. The molecule has 1 aromatic heterocycles. The second-order valence-corrected chi connectivity index (χ2v) is 27.0. The van der Waals surface area contributed by atoms with Crippen LogP contribution in [0.2, 0.25) is 0 Å².